The summed E-state index contributed by atoms with van der Waals surface area (Å²) in [6.45, 7) is 5.44. The highest BCUT2D eigenvalue weighted by atomic mass is 35.5. The van der Waals surface area contributed by atoms with Crippen molar-refractivity contribution in [2.75, 3.05) is 13.2 Å². The van der Waals surface area contributed by atoms with E-state index in [1.54, 1.807) is 0 Å². The smallest absolute Gasteiger partial charge is 0.0824 e. The highest BCUT2D eigenvalue weighted by molar-refractivity contribution is 6.31. The lowest BCUT2D eigenvalue weighted by molar-refractivity contribution is 0.143. The summed E-state index contributed by atoms with van der Waals surface area (Å²) in [7, 11) is 0. The molecule has 0 saturated carbocycles. The molecule has 2 rings (SSSR count). The molecule has 1 heterocycles. The van der Waals surface area contributed by atoms with Gasteiger partial charge in [0.2, 0.25) is 0 Å². The zero-order valence-electron chi connectivity index (χ0n) is 8.94. The fourth-order valence-corrected chi connectivity index (χ4v) is 2.80. The lowest BCUT2D eigenvalue weighted by Gasteiger charge is -2.17. The summed E-state index contributed by atoms with van der Waals surface area (Å²) in [6, 6.07) is 2.02. The fraction of sp³-hybridized carbons (Fsp3) is 0.500. The van der Waals surface area contributed by atoms with Crippen LogP contribution in [0.1, 0.15) is 27.6 Å². The predicted molar refractivity (Wildman–Crippen MR) is 64.0 cm³/mol. The molecule has 1 aliphatic heterocycles. The Morgan fingerprint density at radius 2 is 2.13 bits per heavy atom. The summed E-state index contributed by atoms with van der Waals surface area (Å²) < 4.78 is 5.46. The van der Waals surface area contributed by atoms with E-state index in [4.69, 9.17) is 27.9 Å². The number of alkyl halides is 1. The first-order chi connectivity index (χ1) is 7.11. The number of benzene rings is 1. The molecule has 0 fully saturated rings. The molecule has 82 valence electrons. The molecule has 0 bridgehead atoms. The molecule has 1 aromatic rings. The quantitative estimate of drug-likeness (QED) is 0.631. The van der Waals surface area contributed by atoms with Crippen LogP contribution in [-0.4, -0.2) is 13.2 Å². The molecule has 1 aromatic carbocycles. The van der Waals surface area contributed by atoms with Gasteiger partial charge in [-0.05, 0) is 48.6 Å². The van der Waals surface area contributed by atoms with Gasteiger partial charge in [-0.25, -0.2) is 0 Å². The van der Waals surface area contributed by atoms with Crippen molar-refractivity contribution < 1.29 is 4.74 Å². The van der Waals surface area contributed by atoms with Crippen LogP contribution in [0.15, 0.2) is 6.07 Å². The minimum atomic E-state index is -0.0695. The van der Waals surface area contributed by atoms with Crippen LogP contribution in [0.3, 0.4) is 0 Å². The monoisotopic (exact) mass is 244 g/mol. The molecule has 1 unspecified atom stereocenters. The van der Waals surface area contributed by atoms with Gasteiger partial charge in [0.15, 0.2) is 0 Å². The molecule has 3 heteroatoms. The molecule has 0 amide bonds. The number of hydrogen-bond donors (Lipinski definition) is 0. The average molecular weight is 245 g/mol. The Balaban J connectivity index is 2.63. The molecular weight excluding hydrogens is 231 g/mol. The zero-order chi connectivity index (χ0) is 11.0. The van der Waals surface area contributed by atoms with Crippen LogP contribution in [0.5, 0.6) is 0 Å². The van der Waals surface area contributed by atoms with Gasteiger partial charge in [-0.15, -0.1) is 11.6 Å². The van der Waals surface area contributed by atoms with E-state index in [1.165, 1.54) is 16.7 Å². The minimum Gasteiger partial charge on any atom is -0.379 e. The minimum absolute atomic E-state index is 0.0695. The molecule has 0 aliphatic carbocycles. The summed E-state index contributed by atoms with van der Waals surface area (Å²) in [5.74, 6) is 0. The summed E-state index contributed by atoms with van der Waals surface area (Å²) in [6.07, 6.45) is 0.933. The van der Waals surface area contributed by atoms with Gasteiger partial charge in [0.05, 0.1) is 18.6 Å². The molecule has 1 nitrogen and oxygen atoms in total. The molecule has 15 heavy (non-hydrogen) atoms. The Hall–Kier alpha value is -0.240. The van der Waals surface area contributed by atoms with Crippen LogP contribution >= 0.6 is 23.2 Å². The summed E-state index contributed by atoms with van der Waals surface area (Å²) >= 11 is 12.5. The average Bonchev–Trinajstić information content (AvgIpc) is 2.37. The number of fused-ring (bicyclic) bond motifs is 1. The third kappa shape index (κ3) is 2.01. The van der Waals surface area contributed by atoms with Crippen molar-refractivity contribution in [3.63, 3.8) is 0 Å². The van der Waals surface area contributed by atoms with Crippen LogP contribution in [0, 0.1) is 13.8 Å². The lowest BCUT2D eigenvalue weighted by atomic mass is 9.93. The summed E-state index contributed by atoms with van der Waals surface area (Å²) in [4.78, 5) is 0. The Morgan fingerprint density at radius 1 is 1.40 bits per heavy atom. The van der Waals surface area contributed by atoms with E-state index >= 15 is 0 Å². The van der Waals surface area contributed by atoms with Crippen LogP contribution in [-0.2, 0) is 11.2 Å². The maximum absolute atomic E-state index is 6.32. The van der Waals surface area contributed by atoms with E-state index in [0.29, 0.717) is 6.61 Å². The standard InChI is InChI=1S/C12H14Cl2O/c1-7-5-10(13)8(2)12-9(7)3-4-15-6-11(12)14/h5,11H,3-4,6H2,1-2H3. The molecule has 0 saturated heterocycles. The maximum atomic E-state index is 6.32. The van der Waals surface area contributed by atoms with Crippen LogP contribution in [0.25, 0.3) is 0 Å². The molecule has 0 aromatic heterocycles. The van der Waals surface area contributed by atoms with E-state index in [1.807, 2.05) is 13.0 Å². The summed E-state index contributed by atoms with van der Waals surface area (Å²) in [5, 5.41) is 0.735. The van der Waals surface area contributed by atoms with E-state index in [2.05, 4.69) is 6.92 Å². The second-order valence-electron chi connectivity index (χ2n) is 3.98. The number of hydrogen-bond acceptors (Lipinski definition) is 1. The number of ether oxygens (including phenoxy) is 1. The van der Waals surface area contributed by atoms with Crippen LogP contribution in [0.2, 0.25) is 5.02 Å². The normalized spacial score (nSPS) is 20.9. The second-order valence-corrected chi connectivity index (χ2v) is 4.92. The maximum Gasteiger partial charge on any atom is 0.0824 e. The Morgan fingerprint density at radius 3 is 2.87 bits per heavy atom. The van der Waals surface area contributed by atoms with E-state index in [9.17, 15) is 0 Å². The molecule has 0 spiro atoms. The van der Waals surface area contributed by atoms with Gasteiger partial charge in [-0.3, -0.25) is 0 Å². The third-order valence-electron chi connectivity index (χ3n) is 2.98. The van der Waals surface area contributed by atoms with Crippen LogP contribution in [0.4, 0.5) is 0 Å². The number of aryl methyl sites for hydroxylation is 1. The van der Waals surface area contributed by atoms with Crippen molar-refractivity contribution in [3.05, 3.63) is 33.3 Å². The van der Waals surface area contributed by atoms with Crippen molar-refractivity contribution in [1.82, 2.24) is 0 Å². The molecule has 0 N–H and O–H groups in total. The Labute approximate surface area is 100 Å². The van der Waals surface area contributed by atoms with Crippen molar-refractivity contribution in [3.8, 4) is 0 Å². The van der Waals surface area contributed by atoms with Gasteiger partial charge >= 0.3 is 0 Å². The highest BCUT2D eigenvalue weighted by Crippen LogP contribution is 2.35. The molecular formula is C12H14Cl2O. The second kappa shape index (κ2) is 4.32. The highest BCUT2D eigenvalue weighted by Gasteiger charge is 2.21. The largest absolute Gasteiger partial charge is 0.379 e. The van der Waals surface area contributed by atoms with Crippen LogP contribution < -0.4 is 0 Å². The van der Waals surface area contributed by atoms with E-state index in [-0.39, 0.29) is 5.38 Å². The molecule has 1 aliphatic rings. The molecule has 1 atom stereocenters. The SMILES string of the molecule is Cc1cc(Cl)c(C)c2c1CCOCC2Cl. The van der Waals surface area contributed by atoms with Gasteiger partial charge in [0.1, 0.15) is 0 Å². The van der Waals surface area contributed by atoms with Crippen molar-refractivity contribution >= 4 is 23.2 Å². The topological polar surface area (TPSA) is 9.23 Å². The zero-order valence-corrected chi connectivity index (χ0v) is 10.5. The Bertz CT molecular complexity index is 388. The lowest BCUT2D eigenvalue weighted by Crippen LogP contribution is -2.03. The van der Waals surface area contributed by atoms with Gasteiger partial charge < -0.3 is 4.74 Å². The van der Waals surface area contributed by atoms with Gasteiger partial charge in [-0.2, -0.15) is 0 Å². The Kier molecular flexibility index (Phi) is 3.24. The van der Waals surface area contributed by atoms with Gasteiger partial charge in [-0.1, -0.05) is 11.6 Å². The van der Waals surface area contributed by atoms with Crippen molar-refractivity contribution in [2.45, 2.75) is 25.6 Å². The third-order valence-corrected chi connectivity index (χ3v) is 3.72. The van der Waals surface area contributed by atoms with Crippen molar-refractivity contribution in [1.29, 1.82) is 0 Å². The van der Waals surface area contributed by atoms with E-state index in [0.717, 1.165) is 23.6 Å². The summed E-state index contributed by atoms with van der Waals surface area (Å²) in [5.41, 5.74) is 4.81. The first-order valence-electron chi connectivity index (χ1n) is 5.11. The van der Waals surface area contributed by atoms with Gasteiger partial charge in [0.25, 0.3) is 0 Å². The number of rotatable bonds is 0. The first kappa shape index (κ1) is 11.3. The van der Waals surface area contributed by atoms with E-state index < -0.39 is 0 Å². The number of halogens is 2. The van der Waals surface area contributed by atoms with Crippen molar-refractivity contribution in [2.24, 2.45) is 0 Å². The first-order valence-corrected chi connectivity index (χ1v) is 5.93. The fourth-order valence-electron chi connectivity index (χ4n) is 2.15. The predicted octanol–water partition coefficient (Wildman–Crippen LogP) is 3.81. The van der Waals surface area contributed by atoms with Gasteiger partial charge in [0, 0.05) is 5.02 Å². The molecule has 0 radical (unpaired) electrons.